The van der Waals surface area contributed by atoms with Crippen molar-refractivity contribution in [2.75, 3.05) is 10.3 Å². The second-order valence-corrected chi connectivity index (χ2v) is 5.65. The van der Waals surface area contributed by atoms with Crippen molar-refractivity contribution < 1.29 is 0 Å². The molecule has 0 atom stereocenters. The first-order valence-corrected chi connectivity index (χ1v) is 7.08. The van der Waals surface area contributed by atoms with E-state index in [1.165, 1.54) is 4.88 Å². The Labute approximate surface area is 117 Å². The molecule has 0 aromatic carbocycles. The molecule has 0 fully saturated rings. The van der Waals surface area contributed by atoms with E-state index in [1.807, 2.05) is 6.92 Å². The van der Waals surface area contributed by atoms with E-state index in [2.05, 4.69) is 51.7 Å². The first-order valence-electron chi connectivity index (χ1n) is 6.20. The average Bonchev–Trinajstić information content (AvgIpc) is 2.89. The van der Waals surface area contributed by atoms with Crippen molar-refractivity contribution in [2.24, 2.45) is 5.84 Å². The van der Waals surface area contributed by atoms with Crippen molar-refractivity contribution in [2.45, 2.75) is 33.4 Å². The summed E-state index contributed by atoms with van der Waals surface area (Å²) < 4.78 is 0. The summed E-state index contributed by atoms with van der Waals surface area (Å²) in [5.74, 6) is 7.07. The molecule has 2 heterocycles. The van der Waals surface area contributed by atoms with Crippen molar-refractivity contribution in [3.05, 3.63) is 34.3 Å². The zero-order valence-electron chi connectivity index (χ0n) is 11.4. The largest absolute Gasteiger partial charge is 0.349 e. The molecule has 5 nitrogen and oxygen atoms in total. The molecular formula is C13H19N5S. The molecule has 2 aromatic heterocycles. The molecule has 0 aliphatic rings. The quantitative estimate of drug-likeness (QED) is 0.649. The van der Waals surface area contributed by atoms with Crippen LogP contribution in [0.25, 0.3) is 0 Å². The number of anilines is 2. The standard InChI is InChI=1S/C13H19N5S/c1-9(2)18(7-11-5-4-6-19-11)13-10(3)12(17-14)15-8-16-13/h4-6,8-9H,7,14H2,1-3H3,(H,15,16,17). The number of nitrogens with one attached hydrogen (secondary N) is 1. The molecule has 0 saturated heterocycles. The van der Waals surface area contributed by atoms with Crippen LogP contribution in [0.15, 0.2) is 23.8 Å². The fourth-order valence-corrected chi connectivity index (χ4v) is 2.65. The van der Waals surface area contributed by atoms with Gasteiger partial charge in [-0.2, -0.15) is 0 Å². The zero-order valence-corrected chi connectivity index (χ0v) is 12.2. The lowest BCUT2D eigenvalue weighted by atomic mass is 10.2. The minimum atomic E-state index is 0.348. The topological polar surface area (TPSA) is 67.1 Å². The number of nitrogens with two attached hydrogens (primary N) is 1. The van der Waals surface area contributed by atoms with Gasteiger partial charge in [-0.3, -0.25) is 0 Å². The van der Waals surface area contributed by atoms with Crippen LogP contribution in [0.3, 0.4) is 0 Å². The molecule has 0 aliphatic heterocycles. The highest BCUT2D eigenvalue weighted by Crippen LogP contribution is 2.26. The summed E-state index contributed by atoms with van der Waals surface area (Å²) in [4.78, 5) is 12.1. The van der Waals surface area contributed by atoms with E-state index in [0.717, 1.165) is 17.9 Å². The van der Waals surface area contributed by atoms with Gasteiger partial charge in [0.15, 0.2) is 0 Å². The molecular weight excluding hydrogens is 258 g/mol. The first-order chi connectivity index (χ1) is 9.13. The summed E-state index contributed by atoms with van der Waals surface area (Å²) in [7, 11) is 0. The first kappa shape index (κ1) is 13.8. The number of rotatable bonds is 5. The number of hydrazine groups is 1. The molecule has 0 saturated carbocycles. The van der Waals surface area contributed by atoms with E-state index < -0.39 is 0 Å². The van der Waals surface area contributed by atoms with E-state index in [9.17, 15) is 0 Å². The second kappa shape index (κ2) is 5.99. The number of hydrogen-bond donors (Lipinski definition) is 2. The molecule has 0 bridgehead atoms. The summed E-state index contributed by atoms with van der Waals surface area (Å²) in [6.45, 7) is 7.14. The van der Waals surface area contributed by atoms with Crippen molar-refractivity contribution in [1.29, 1.82) is 0 Å². The van der Waals surface area contributed by atoms with Crippen molar-refractivity contribution in [3.63, 3.8) is 0 Å². The van der Waals surface area contributed by atoms with Gasteiger partial charge in [0.25, 0.3) is 0 Å². The van der Waals surface area contributed by atoms with Gasteiger partial charge in [-0.25, -0.2) is 15.8 Å². The normalized spacial score (nSPS) is 10.8. The number of nitrogens with zero attached hydrogens (tertiary/aromatic N) is 3. The summed E-state index contributed by atoms with van der Waals surface area (Å²) in [6, 6.07) is 4.55. The van der Waals surface area contributed by atoms with Gasteiger partial charge < -0.3 is 10.3 Å². The van der Waals surface area contributed by atoms with Gasteiger partial charge in [0, 0.05) is 16.5 Å². The smallest absolute Gasteiger partial charge is 0.148 e. The monoisotopic (exact) mass is 277 g/mol. The second-order valence-electron chi connectivity index (χ2n) is 4.62. The Morgan fingerprint density at radius 3 is 2.79 bits per heavy atom. The van der Waals surface area contributed by atoms with Crippen LogP contribution in [0.1, 0.15) is 24.3 Å². The third kappa shape index (κ3) is 3.02. The predicted molar refractivity (Wildman–Crippen MR) is 80.2 cm³/mol. The van der Waals surface area contributed by atoms with Crippen LogP contribution < -0.4 is 16.2 Å². The fraction of sp³-hybridized carbons (Fsp3) is 0.385. The number of nitrogen functional groups attached to an aromatic ring is 1. The minimum absolute atomic E-state index is 0.348. The minimum Gasteiger partial charge on any atom is -0.349 e. The van der Waals surface area contributed by atoms with Gasteiger partial charge in [0.2, 0.25) is 0 Å². The Morgan fingerprint density at radius 1 is 1.42 bits per heavy atom. The molecule has 0 amide bonds. The van der Waals surface area contributed by atoms with Crippen LogP contribution >= 0.6 is 11.3 Å². The number of hydrogen-bond acceptors (Lipinski definition) is 6. The molecule has 3 N–H and O–H groups in total. The van der Waals surface area contributed by atoms with E-state index in [4.69, 9.17) is 5.84 Å². The van der Waals surface area contributed by atoms with Gasteiger partial charge in [0.1, 0.15) is 18.0 Å². The van der Waals surface area contributed by atoms with Crippen molar-refractivity contribution in [1.82, 2.24) is 9.97 Å². The van der Waals surface area contributed by atoms with Gasteiger partial charge in [-0.15, -0.1) is 11.3 Å². The Bertz CT molecular complexity index is 524. The molecule has 2 rings (SSSR count). The van der Waals surface area contributed by atoms with Crippen LogP contribution in [-0.4, -0.2) is 16.0 Å². The summed E-state index contributed by atoms with van der Waals surface area (Å²) in [5, 5.41) is 2.09. The molecule has 19 heavy (non-hydrogen) atoms. The molecule has 0 unspecified atom stereocenters. The van der Waals surface area contributed by atoms with Gasteiger partial charge >= 0.3 is 0 Å². The molecule has 102 valence electrons. The van der Waals surface area contributed by atoms with Crippen LogP contribution in [0.5, 0.6) is 0 Å². The Morgan fingerprint density at radius 2 is 2.21 bits per heavy atom. The summed E-state index contributed by atoms with van der Waals surface area (Å²) in [5.41, 5.74) is 3.58. The van der Waals surface area contributed by atoms with Crippen molar-refractivity contribution in [3.8, 4) is 0 Å². The maximum atomic E-state index is 5.48. The lowest BCUT2D eigenvalue weighted by Gasteiger charge is -2.29. The Hall–Kier alpha value is -1.66. The predicted octanol–water partition coefficient (Wildman–Crippen LogP) is 2.55. The maximum absolute atomic E-state index is 5.48. The number of thiophene rings is 1. The van der Waals surface area contributed by atoms with Crippen molar-refractivity contribution >= 4 is 23.0 Å². The Balaban J connectivity index is 2.34. The van der Waals surface area contributed by atoms with E-state index in [-0.39, 0.29) is 0 Å². The van der Waals surface area contributed by atoms with Gasteiger partial charge in [-0.1, -0.05) is 6.07 Å². The number of aromatic nitrogens is 2. The van der Waals surface area contributed by atoms with E-state index in [1.54, 1.807) is 17.7 Å². The third-order valence-corrected chi connectivity index (χ3v) is 3.86. The van der Waals surface area contributed by atoms with Crippen LogP contribution in [-0.2, 0) is 6.54 Å². The van der Waals surface area contributed by atoms with Gasteiger partial charge in [0.05, 0.1) is 6.54 Å². The highest BCUT2D eigenvalue weighted by atomic mass is 32.1. The van der Waals surface area contributed by atoms with Crippen LogP contribution in [0.4, 0.5) is 11.6 Å². The zero-order chi connectivity index (χ0) is 13.8. The van der Waals surface area contributed by atoms with Crippen LogP contribution in [0.2, 0.25) is 0 Å². The average molecular weight is 277 g/mol. The maximum Gasteiger partial charge on any atom is 0.148 e. The lowest BCUT2D eigenvalue weighted by Crippen LogP contribution is -2.31. The van der Waals surface area contributed by atoms with Crippen LogP contribution in [0, 0.1) is 6.92 Å². The van der Waals surface area contributed by atoms with Gasteiger partial charge in [-0.05, 0) is 32.2 Å². The molecule has 0 radical (unpaired) electrons. The highest BCUT2D eigenvalue weighted by Gasteiger charge is 2.17. The molecule has 0 aliphatic carbocycles. The molecule has 0 spiro atoms. The van der Waals surface area contributed by atoms with E-state index in [0.29, 0.717) is 11.9 Å². The summed E-state index contributed by atoms with van der Waals surface area (Å²) in [6.07, 6.45) is 1.54. The fourth-order valence-electron chi connectivity index (χ4n) is 1.95. The van der Waals surface area contributed by atoms with E-state index >= 15 is 0 Å². The third-order valence-electron chi connectivity index (χ3n) is 3.00. The molecule has 2 aromatic rings. The lowest BCUT2D eigenvalue weighted by molar-refractivity contribution is 0.673. The SMILES string of the molecule is Cc1c(NN)ncnc1N(Cc1cccs1)C(C)C. The Kier molecular flexibility index (Phi) is 4.34. The molecule has 6 heteroatoms. The summed E-state index contributed by atoms with van der Waals surface area (Å²) >= 11 is 1.75. The highest BCUT2D eigenvalue weighted by molar-refractivity contribution is 7.09.